The van der Waals surface area contributed by atoms with Gasteiger partial charge in [-0.3, -0.25) is 0 Å². The second-order valence-electron chi connectivity index (χ2n) is 5.84. The minimum absolute atomic E-state index is 0.634. The summed E-state index contributed by atoms with van der Waals surface area (Å²) in [6.07, 6.45) is 3.70. The average molecular weight is 284 g/mol. The van der Waals surface area contributed by atoms with Crippen LogP contribution in [0.25, 0.3) is 5.69 Å². The second kappa shape index (κ2) is 7.46. The number of benzene rings is 1. The van der Waals surface area contributed by atoms with Gasteiger partial charge in [0.1, 0.15) is 0 Å². The zero-order valence-corrected chi connectivity index (χ0v) is 13.8. The standard InChI is InChI=1S/C19H28N2/c1-5-10-18(6-2)20-14-17-13-15(3)21(16(17)4)19-11-8-7-9-12-19/h7-9,11-13,18,20H,5-6,10,14H2,1-4H3. The SMILES string of the molecule is CCCC(CC)NCc1cc(C)n(-c2ccccc2)c1C. The highest BCUT2D eigenvalue weighted by atomic mass is 15.0. The molecule has 0 saturated heterocycles. The Kier molecular flexibility index (Phi) is 5.63. The van der Waals surface area contributed by atoms with Crippen LogP contribution < -0.4 is 5.32 Å². The van der Waals surface area contributed by atoms with Gasteiger partial charge in [0, 0.05) is 29.7 Å². The average Bonchev–Trinajstić information content (AvgIpc) is 2.78. The maximum absolute atomic E-state index is 3.71. The first-order valence-corrected chi connectivity index (χ1v) is 8.14. The number of hydrogen-bond donors (Lipinski definition) is 1. The summed E-state index contributed by atoms with van der Waals surface area (Å²) in [5, 5.41) is 3.71. The van der Waals surface area contributed by atoms with Crippen LogP contribution in [0.1, 0.15) is 50.1 Å². The highest BCUT2D eigenvalue weighted by Gasteiger charge is 2.11. The largest absolute Gasteiger partial charge is 0.318 e. The second-order valence-corrected chi connectivity index (χ2v) is 5.84. The van der Waals surface area contributed by atoms with Crippen molar-refractivity contribution in [3.05, 3.63) is 53.3 Å². The Morgan fingerprint density at radius 2 is 1.81 bits per heavy atom. The first kappa shape index (κ1) is 15.8. The van der Waals surface area contributed by atoms with Gasteiger partial charge in [-0.1, -0.05) is 38.5 Å². The molecule has 1 heterocycles. The molecule has 1 aromatic carbocycles. The van der Waals surface area contributed by atoms with Crippen molar-refractivity contribution in [1.82, 2.24) is 9.88 Å². The lowest BCUT2D eigenvalue weighted by atomic mass is 10.1. The smallest absolute Gasteiger partial charge is 0.0455 e. The van der Waals surface area contributed by atoms with E-state index in [2.05, 4.69) is 74.0 Å². The van der Waals surface area contributed by atoms with E-state index >= 15 is 0 Å². The van der Waals surface area contributed by atoms with E-state index in [1.807, 2.05) is 0 Å². The molecule has 21 heavy (non-hydrogen) atoms. The van der Waals surface area contributed by atoms with Crippen LogP contribution in [0.5, 0.6) is 0 Å². The molecule has 2 aromatic rings. The molecule has 2 nitrogen and oxygen atoms in total. The Bertz CT molecular complexity index is 554. The molecule has 0 saturated carbocycles. The van der Waals surface area contributed by atoms with Crippen LogP contribution in [0.4, 0.5) is 0 Å². The lowest BCUT2D eigenvalue weighted by Crippen LogP contribution is -2.27. The van der Waals surface area contributed by atoms with E-state index in [1.165, 1.54) is 41.9 Å². The molecule has 0 bridgehead atoms. The van der Waals surface area contributed by atoms with Crippen molar-refractivity contribution in [2.75, 3.05) is 0 Å². The molecule has 1 atom stereocenters. The van der Waals surface area contributed by atoms with Gasteiger partial charge in [-0.2, -0.15) is 0 Å². The van der Waals surface area contributed by atoms with E-state index in [-0.39, 0.29) is 0 Å². The van der Waals surface area contributed by atoms with E-state index in [1.54, 1.807) is 0 Å². The Morgan fingerprint density at radius 1 is 1.10 bits per heavy atom. The molecule has 1 aromatic heterocycles. The Hall–Kier alpha value is -1.54. The summed E-state index contributed by atoms with van der Waals surface area (Å²) in [5.74, 6) is 0. The van der Waals surface area contributed by atoms with Crippen molar-refractivity contribution in [2.45, 2.75) is 59.5 Å². The summed E-state index contributed by atoms with van der Waals surface area (Å²) in [4.78, 5) is 0. The molecule has 2 heteroatoms. The minimum atomic E-state index is 0.634. The van der Waals surface area contributed by atoms with Gasteiger partial charge in [-0.15, -0.1) is 0 Å². The Balaban J connectivity index is 2.16. The first-order chi connectivity index (χ1) is 10.2. The minimum Gasteiger partial charge on any atom is -0.318 e. The van der Waals surface area contributed by atoms with Gasteiger partial charge in [-0.05, 0) is 50.5 Å². The summed E-state index contributed by atoms with van der Waals surface area (Å²) in [6.45, 7) is 9.89. The lowest BCUT2D eigenvalue weighted by Gasteiger charge is -2.16. The molecular weight excluding hydrogens is 256 g/mol. The molecule has 0 fully saturated rings. The molecule has 114 valence electrons. The van der Waals surface area contributed by atoms with E-state index < -0.39 is 0 Å². The zero-order valence-electron chi connectivity index (χ0n) is 13.8. The van der Waals surface area contributed by atoms with Crippen LogP contribution in [-0.2, 0) is 6.54 Å². The number of rotatable bonds is 7. The number of para-hydroxylation sites is 1. The van der Waals surface area contributed by atoms with Crippen LogP contribution in [-0.4, -0.2) is 10.6 Å². The molecule has 1 N–H and O–H groups in total. The third kappa shape index (κ3) is 3.76. The molecule has 0 amide bonds. The number of nitrogens with one attached hydrogen (secondary N) is 1. The van der Waals surface area contributed by atoms with Crippen LogP contribution in [0, 0.1) is 13.8 Å². The van der Waals surface area contributed by atoms with Crippen molar-refractivity contribution in [3.8, 4) is 5.69 Å². The van der Waals surface area contributed by atoms with Gasteiger partial charge in [0.15, 0.2) is 0 Å². The Morgan fingerprint density at radius 3 is 2.43 bits per heavy atom. The molecular formula is C19H28N2. The van der Waals surface area contributed by atoms with Crippen LogP contribution >= 0.6 is 0 Å². The fourth-order valence-electron chi connectivity index (χ4n) is 3.04. The van der Waals surface area contributed by atoms with E-state index in [4.69, 9.17) is 0 Å². The van der Waals surface area contributed by atoms with Gasteiger partial charge in [0.05, 0.1) is 0 Å². The summed E-state index contributed by atoms with van der Waals surface area (Å²) < 4.78 is 2.35. The molecule has 0 aliphatic carbocycles. The van der Waals surface area contributed by atoms with Crippen LogP contribution in [0.3, 0.4) is 0 Å². The van der Waals surface area contributed by atoms with Crippen LogP contribution in [0.15, 0.2) is 36.4 Å². The summed E-state index contributed by atoms with van der Waals surface area (Å²) in [6, 6.07) is 13.5. The van der Waals surface area contributed by atoms with Gasteiger partial charge in [0.25, 0.3) is 0 Å². The predicted molar refractivity (Wildman–Crippen MR) is 91.1 cm³/mol. The number of aromatic nitrogens is 1. The van der Waals surface area contributed by atoms with E-state index in [0.29, 0.717) is 6.04 Å². The van der Waals surface area contributed by atoms with Crippen molar-refractivity contribution >= 4 is 0 Å². The molecule has 0 radical (unpaired) electrons. The van der Waals surface area contributed by atoms with Crippen molar-refractivity contribution in [3.63, 3.8) is 0 Å². The number of nitrogens with zero attached hydrogens (tertiary/aromatic N) is 1. The predicted octanol–water partition coefficient (Wildman–Crippen LogP) is 4.76. The fraction of sp³-hybridized carbons (Fsp3) is 0.474. The van der Waals surface area contributed by atoms with E-state index in [9.17, 15) is 0 Å². The molecule has 0 aliphatic heterocycles. The Labute approximate surface area is 129 Å². The van der Waals surface area contributed by atoms with Crippen LogP contribution in [0.2, 0.25) is 0 Å². The van der Waals surface area contributed by atoms with Gasteiger partial charge in [-0.25, -0.2) is 0 Å². The third-order valence-corrected chi connectivity index (χ3v) is 4.26. The molecule has 1 unspecified atom stereocenters. The third-order valence-electron chi connectivity index (χ3n) is 4.26. The van der Waals surface area contributed by atoms with E-state index in [0.717, 1.165) is 6.54 Å². The number of aryl methyl sites for hydroxylation is 1. The summed E-state index contributed by atoms with van der Waals surface area (Å²) in [7, 11) is 0. The van der Waals surface area contributed by atoms with Crippen molar-refractivity contribution in [2.24, 2.45) is 0 Å². The fourth-order valence-corrected chi connectivity index (χ4v) is 3.04. The van der Waals surface area contributed by atoms with Gasteiger partial charge >= 0.3 is 0 Å². The maximum Gasteiger partial charge on any atom is 0.0455 e. The summed E-state index contributed by atoms with van der Waals surface area (Å²) in [5.41, 5.74) is 5.31. The quantitative estimate of drug-likeness (QED) is 0.775. The van der Waals surface area contributed by atoms with Gasteiger partial charge < -0.3 is 9.88 Å². The zero-order chi connectivity index (χ0) is 15.2. The highest BCUT2D eigenvalue weighted by molar-refractivity contribution is 5.40. The first-order valence-electron chi connectivity index (χ1n) is 8.14. The lowest BCUT2D eigenvalue weighted by molar-refractivity contribution is 0.462. The normalized spacial score (nSPS) is 12.6. The van der Waals surface area contributed by atoms with Crippen molar-refractivity contribution in [1.29, 1.82) is 0 Å². The monoisotopic (exact) mass is 284 g/mol. The van der Waals surface area contributed by atoms with Crippen molar-refractivity contribution < 1.29 is 0 Å². The summed E-state index contributed by atoms with van der Waals surface area (Å²) >= 11 is 0. The molecule has 0 spiro atoms. The molecule has 2 rings (SSSR count). The number of hydrogen-bond acceptors (Lipinski definition) is 1. The van der Waals surface area contributed by atoms with Gasteiger partial charge in [0.2, 0.25) is 0 Å². The molecule has 0 aliphatic rings. The topological polar surface area (TPSA) is 17.0 Å². The maximum atomic E-state index is 3.71. The highest BCUT2D eigenvalue weighted by Crippen LogP contribution is 2.20.